The summed E-state index contributed by atoms with van der Waals surface area (Å²) in [6.45, 7) is -0.387. The lowest BCUT2D eigenvalue weighted by Gasteiger charge is -2.08. The Morgan fingerprint density at radius 2 is 2.27 bits per heavy atom. The summed E-state index contributed by atoms with van der Waals surface area (Å²) in [6.07, 6.45) is 0. The monoisotopic (exact) mass is 230 g/mol. The summed E-state index contributed by atoms with van der Waals surface area (Å²) in [5.74, 6) is -0.0545. The quantitative estimate of drug-likeness (QED) is 0.794. The van der Waals surface area contributed by atoms with Gasteiger partial charge in [0.25, 0.3) is 0 Å². The molecule has 0 heterocycles. The Bertz CT molecular complexity index is 351. The van der Waals surface area contributed by atoms with Gasteiger partial charge in [0, 0.05) is 10.6 Å². The molecule has 0 amide bonds. The molecule has 4 nitrogen and oxygen atoms in total. The van der Waals surface area contributed by atoms with Crippen molar-refractivity contribution in [3.05, 3.63) is 28.8 Å². The normalized spacial score (nSPS) is 9.80. The summed E-state index contributed by atoms with van der Waals surface area (Å²) in [7, 11) is 1.28. The third-order valence-corrected chi connectivity index (χ3v) is 2.00. The molecule has 0 saturated carbocycles. The molecule has 0 saturated heterocycles. The molecule has 1 N–H and O–H groups in total. The second-order valence-corrected chi connectivity index (χ2v) is 3.21. The van der Waals surface area contributed by atoms with Crippen LogP contribution in [0.15, 0.2) is 18.2 Å². The Hall–Kier alpha value is -1.26. The number of halogens is 1. The van der Waals surface area contributed by atoms with Crippen LogP contribution in [0.3, 0.4) is 0 Å². The molecular weight excluding hydrogens is 220 g/mol. The molecule has 0 atom stereocenters. The molecule has 0 unspecified atom stereocenters. The summed E-state index contributed by atoms with van der Waals surface area (Å²) in [6, 6.07) is 4.79. The van der Waals surface area contributed by atoms with Gasteiger partial charge in [-0.25, -0.2) is 4.79 Å². The van der Waals surface area contributed by atoms with E-state index in [9.17, 15) is 4.79 Å². The second-order valence-electron chi connectivity index (χ2n) is 2.77. The Morgan fingerprint density at radius 1 is 1.53 bits per heavy atom. The van der Waals surface area contributed by atoms with E-state index >= 15 is 0 Å². The molecule has 0 radical (unpaired) electrons. The summed E-state index contributed by atoms with van der Waals surface area (Å²) >= 11 is 5.73. The van der Waals surface area contributed by atoms with Gasteiger partial charge in [0.15, 0.2) is 6.61 Å². The highest BCUT2D eigenvalue weighted by Crippen LogP contribution is 2.22. The van der Waals surface area contributed by atoms with Crippen molar-refractivity contribution >= 4 is 17.6 Å². The number of benzene rings is 1. The molecule has 82 valence electrons. The molecule has 0 aliphatic carbocycles. The van der Waals surface area contributed by atoms with Gasteiger partial charge in [-0.05, 0) is 18.2 Å². The molecule has 0 spiro atoms. The number of methoxy groups -OCH3 is 1. The van der Waals surface area contributed by atoms with Crippen molar-refractivity contribution in [3.63, 3.8) is 0 Å². The van der Waals surface area contributed by atoms with E-state index in [1.165, 1.54) is 7.11 Å². The van der Waals surface area contributed by atoms with E-state index in [2.05, 4.69) is 4.74 Å². The third-order valence-electron chi connectivity index (χ3n) is 1.77. The van der Waals surface area contributed by atoms with E-state index in [-0.39, 0.29) is 13.2 Å². The van der Waals surface area contributed by atoms with Crippen molar-refractivity contribution in [3.8, 4) is 5.75 Å². The number of carbonyl (C=O) groups excluding carboxylic acids is 1. The highest BCUT2D eigenvalue weighted by Gasteiger charge is 2.06. The maximum atomic E-state index is 10.8. The van der Waals surface area contributed by atoms with Gasteiger partial charge < -0.3 is 14.6 Å². The van der Waals surface area contributed by atoms with Crippen molar-refractivity contribution in [2.75, 3.05) is 13.7 Å². The van der Waals surface area contributed by atoms with Crippen molar-refractivity contribution in [2.24, 2.45) is 0 Å². The molecule has 15 heavy (non-hydrogen) atoms. The molecule has 1 aromatic carbocycles. The number of aliphatic hydroxyl groups excluding tert-OH is 1. The average Bonchev–Trinajstić information content (AvgIpc) is 2.26. The van der Waals surface area contributed by atoms with Gasteiger partial charge in [-0.2, -0.15) is 0 Å². The maximum absolute atomic E-state index is 10.8. The van der Waals surface area contributed by atoms with Crippen molar-refractivity contribution in [1.82, 2.24) is 0 Å². The molecule has 0 bridgehead atoms. The number of hydrogen-bond acceptors (Lipinski definition) is 4. The van der Waals surface area contributed by atoms with Crippen molar-refractivity contribution < 1.29 is 19.4 Å². The second kappa shape index (κ2) is 5.58. The fourth-order valence-corrected chi connectivity index (χ4v) is 1.20. The molecule has 0 aliphatic rings. The number of ether oxygens (including phenoxy) is 2. The van der Waals surface area contributed by atoms with Gasteiger partial charge >= 0.3 is 5.97 Å². The zero-order chi connectivity index (χ0) is 11.3. The Labute approximate surface area is 92.4 Å². The first-order valence-corrected chi connectivity index (χ1v) is 4.64. The van der Waals surface area contributed by atoms with Gasteiger partial charge in [-0.15, -0.1) is 0 Å². The first kappa shape index (κ1) is 11.8. The number of hydrogen-bond donors (Lipinski definition) is 1. The van der Waals surface area contributed by atoms with Crippen LogP contribution in [-0.2, 0) is 16.1 Å². The van der Waals surface area contributed by atoms with Gasteiger partial charge in [-0.1, -0.05) is 11.6 Å². The topological polar surface area (TPSA) is 55.8 Å². The molecule has 0 fully saturated rings. The van der Waals surface area contributed by atoms with E-state index in [0.29, 0.717) is 16.3 Å². The lowest BCUT2D eigenvalue weighted by Crippen LogP contribution is -2.13. The van der Waals surface area contributed by atoms with Crippen LogP contribution in [0.4, 0.5) is 0 Å². The smallest absolute Gasteiger partial charge is 0.343 e. The summed E-state index contributed by atoms with van der Waals surface area (Å²) in [4.78, 5) is 10.8. The molecular formula is C10H11ClO4. The van der Waals surface area contributed by atoms with Crippen LogP contribution in [0.2, 0.25) is 5.02 Å². The van der Waals surface area contributed by atoms with Gasteiger partial charge in [0.1, 0.15) is 5.75 Å². The summed E-state index contributed by atoms with van der Waals surface area (Å²) < 4.78 is 9.56. The van der Waals surface area contributed by atoms with Crippen LogP contribution in [0.1, 0.15) is 5.56 Å². The van der Waals surface area contributed by atoms with E-state index in [1.54, 1.807) is 18.2 Å². The predicted molar refractivity (Wildman–Crippen MR) is 54.9 cm³/mol. The van der Waals surface area contributed by atoms with E-state index < -0.39 is 5.97 Å². The molecule has 5 heteroatoms. The minimum absolute atomic E-state index is 0.189. The van der Waals surface area contributed by atoms with Crippen LogP contribution in [0, 0.1) is 0 Å². The van der Waals surface area contributed by atoms with E-state index in [4.69, 9.17) is 21.4 Å². The van der Waals surface area contributed by atoms with Gasteiger partial charge in [-0.3, -0.25) is 0 Å². The van der Waals surface area contributed by atoms with Crippen molar-refractivity contribution in [2.45, 2.75) is 6.61 Å². The first-order chi connectivity index (χ1) is 7.17. The number of aliphatic hydroxyl groups is 1. The summed E-state index contributed by atoms with van der Waals surface area (Å²) in [5.41, 5.74) is 0.534. The highest BCUT2D eigenvalue weighted by molar-refractivity contribution is 6.30. The summed E-state index contributed by atoms with van der Waals surface area (Å²) in [5, 5.41) is 9.51. The fourth-order valence-electron chi connectivity index (χ4n) is 1.01. The van der Waals surface area contributed by atoms with E-state index in [1.807, 2.05) is 0 Å². The van der Waals surface area contributed by atoms with E-state index in [0.717, 1.165) is 0 Å². The van der Waals surface area contributed by atoms with Crippen LogP contribution in [-0.4, -0.2) is 24.8 Å². The molecule has 0 aromatic heterocycles. The van der Waals surface area contributed by atoms with Crippen molar-refractivity contribution in [1.29, 1.82) is 0 Å². The molecule has 1 aromatic rings. The third kappa shape index (κ3) is 3.42. The number of esters is 1. The van der Waals surface area contributed by atoms with Gasteiger partial charge in [0.05, 0.1) is 13.7 Å². The van der Waals surface area contributed by atoms with Crippen LogP contribution < -0.4 is 4.74 Å². The minimum atomic E-state index is -0.478. The molecule has 1 rings (SSSR count). The number of rotatable bonds is 4. The van der Waals surface area contributed by atoms with Gasteiger partial charge in [0.2, 0.25) is 0 Å². The standard InChI is InChI=1S/C10H11ClO4/c1-14-10(13)6-15-9-3-2-8(11)4-7(9)5-12/h2-4,12H,5-6H2,1H3. The highest BCUT2D eigenvalue weighted by atomic mass is 35.5. The largest absolute Gasteiger partial charge is 0.482 e. The Kier molecular flexibility index (Phi) is 4.39. The Morgan fingerprint density at radius 3 is 2.87 bits per heavy atom. The lowest BCUT2D eigenvalue weighted by atomic mass is 10.2. The Balaban J connectivity index is 2.72. The zero-order valence-corrected chi connectivity index (χ0v) is 8.95. The van der Waals surface area contributed by atoms with Crippen LogP contribution in [0.25, 0.3) is 0 Å². The average molecular weight is 231 g/mol. The predicted octanol–water partition coefficient (Wildman–Crippen LogP) is 1.38. The maximum Gasteiger partial charge on any atom is 0.343 e. The minimum Gasteiger partial charge on any atom is -0.482 e. The van der Waals surface area contributed by atoms with Crippen LogP contribution >= 0.6 is 11.6 Å². The first-order valence-electron chi connectivity index (χ1n) is 4.26. The zero-order valence-electron chi connectivity index (χ0n) is 8.20. The SMILES string of the molecule is COC(=O)COc1ccc(Cl)cc1CO. The molecule has 0 aliphatic heterocycles. The fraction of sp³-hybridized carbons (Fsp3) is 0.300. The number of carbonyl (C=O) groups is 1. The lowest BCUT2D eigenvalue weighted by molar-refractivity contribution is -0.142. The van der Waals surface area contributed by atoms with Crippen LogP contribution in [0.5, 0.6) is 5.75 Å².